The van der Waals surface area contributed by atoms with Crippen LogP contribution in [0, 0.1) is 46.3 Å². The molecule has 0 heterocycles. The molecule has 4 aliphatic rings. The van der Waals surface area contributed by atoms with Crippen molar-refractivity contribution in [2.75, 3.05) is 0 Å². The van der Waals surface area contributed by atoms with Gasteiger partial charge in [0, 0.05) is 29.5 Å². The summed E-state index contributed by atoms with van der Waals surface area (Å²) in [7, 11) is 0. The minimum atomic E-state index is -0.421. The summed E-state index contributed by atoms with van der Waals surface area (Å²) in [6.07, 6.45) is 12.4. The van der Waals surface area contributed by atoms with Crippen molar-refractivity contribution < 1.29 is 19.1 Å². The summed E-state index contributed by atoms with van der Waals surface area (Å²) in [4.78, 5) is 37.4. The number of carbonyl (C=O) groups is 3. The molecule has 2 aromatic carbocycles. The van der Waals surface area contributed by atoms with E-state index in [0.717, 1.165) is 37.7 Å². The standard InChI is InChI=1S/C38H40O4/c1-24(39)32-15-16-33-31-14-13-30-22-26(18-20-37(30,3)34(31)19-21-38(32,33)4)10-11-28-23-29(12-17-35(28)42-25(2)40)36(41)27-8-6-5-7-9-27/h5-9,12-13,17,22-23,31-34H,14-16,18-21H2,1-4H3/t31-,32+,33-,34-,37-,38+/m0/s1. The molecule has 4 heteroatoms. The Kier molecular flexibility index (Phi) is 7.34. The molecule has 6 rings (SSSR count). The first-order valence-electron chi connectivity index (χ1n) is 15.5. The maximum atomic E-state index is 13.1. The normalized spacial score (nSPS) is 31.2. The molecule has 0 aromatic heterocycles. The van der Waals surface area contributed by atoms with E-state index >= 15 is 0 Å². The Morgan fingerprint density at radius 1 is 0.881 bits per heavy atom. The fraction of sp³-hybridized carbons (Fsp3) is 0.447. The second-order valence-electron chi connectivity index (χ2n) is 13.4. The molecule has 4 aliphatic carbocycles. The van der Waals surface area contributed by atoms with Crippen molar-refractivity contribution in [1.29, 1.82) is 0 Å². The fourth-order valence-corrected chi connectivity index (χ4v) is 9.01. The lowest BCUT2D eigenvalue weighted by Gasteiger charge is -2.57. The van der Waals surface area contributed by atoms with Gasteiger partial charge < -0.3 is 4.74 Å². The Labute approximate surface area is 249 Å². The summed E-state index contributed by atoms with van der Waals surface area (Å²) >= 11 is 0. The van der Waals surface area contributed by atoms with Gasteiger partial charge in [0.2, 0.25) is 0 Å². The average Bonchev–Trinajstić information content (AvgIpc) is 3.34. The number of hydrogen-bond donors (Lipinski definition) is 0. The van der Waals surface area contributed by atoms with Crippen molar-refractivity contribution in [3.63, 3.8) is 0 Å². The van der Waals surface area contributed by atoms with Crippen LogP contribution in [0.5, 0.6) is 5.75 Å². The number of ketones is 2. The third-order valence-electron chi connectivity index (χ3n) is 11.1. The molecule has 0 amide bonds. The monoisotopic (exact) mass is 560 g/mol. The number of esters is 1. The fourth-order valence-electron chi connectivity index (χ4n) is 9.01. The number of rotatable bonds is 4. The van der Waals surface area contributed by atoms with Crippen molar-refractivity contribution in [3.05, 3.63) is 88.5 Å². The molecule has 0 aliphatic heterocycles. The molecule has 0 N–H and O–H groups in total. The van der Waals surface area contributed by atoms with Gasteiger partial charge in [0.1, 0.15) is 11.5 Å². The molecule has 0 unspecified atom stereocenters. The van der Waals surface area contributed by atoms with Crippen LogP contribution in [0.15, 0.2) is 71.8 Å². The Hall–Kier alpha value is -3.71. The van der Waals surface area contributed by atoms with Crippen LogP contribution in [0.2, 0.25) is 0 Å². The summed E-state index contributed by atoms with van der Waals surface area (Å²) in [5.74, 6) is 9.01. The molecule has 0 bridgehead atoms. The largest absolute Gasteiger partial charge is 0.425 e. The average molecular weight is 561 g/mol. The topological polar surface area (TPSA) is 60.4 Å². The third kappa shape index (κ3) is 4.87. The highest BCUT2D eigenvalue weighted by molar-refractivity contribution is 6.09. The van der Waals surface area contributed by atoms with E-state index in [1.807, 2.05) is 18.2 Å². The number of allylic oxidation sites excluding steroid dienone is 4. The molecule has 4 nitrogen and oxygen atoms in total. The van der Waals surface area contributed by atoms with Gasteiger partial charge in [-0.05, 0) is 110 Å². The first-order valence-corrected chi connectivity index (χ1v) is 15.5. The Morgan fingerprint density at radius 3 is 2.40 bits per heavy atom. The van der Waals surface area contributed by atoms with E-state index in [1.54, 1.807) is 37.3 Å². The van der Waals surface area contributed by atoms with Gasteiger partial charge in [0.25, 0.3) is 0 Å². The number of carbonyl (C=O) groups excluding carboxylic acids is 3. The Bertz CT molecular complexity index is 1570. The van der Waals surface area contributed by atoms with E-state index in [9.17, 15) is 14.4 Å². The predicted molar refractivity (Wildman–Crippen MR) is 164 cm³/mol. The number of Topliss-reactive ketones (excluding diaryl/α,β-unsaturated/α-hetero) is 1. The summed E-state index contributed by atoms with van der Waals surface area (Å²) < 4.78 is 5.45. The van der Waals surface area contributed by atoms with Gasteiger partial charge in [-0.1, -0.05) is 62.1 Å². The number of fused-ring (bicyclic) bond motifs is 5. The van der Waals surface area contributed by atoms with Gasteiger partial charge in [0.15, 0.2) is 5.78 Å². The molecule has 2 fully saturated rings. The van der Waals surface area contributed by atoms with Gasteiger partial charge in [-0.2, -0.15) is 0 Å². The SMILES string of the molecule is CC(=O)Oc1ccc(C(=O)c2ccccc2)cc1C#CC1=CC2=CC[C@H]3[C@@H]4CC[C@H](C(C)=O)[C@@]4(C)CC[C@@H]3[C@@]2(C)CC1. The molecule has 2 aromatic rings. The maximum Gasteiger partial charge on any atom is 0.308 e. The summed E-state index contributed by atoms with van der Waals surface area (Å²) in [5, 5.41) is 0. The van der Waals surface area contributed by atoms with Crippen molar-refractivity contribution in [1.82, 2.24) is 0 Å². The minimum Gasteiger partial charge on any atom is -0.425 e. The quantitative estimate of drug-likeness (QED) is 0.165. The number of ether oxygens (including phenoxy) is 1. The van der Waals surface area contributed by atoms with Crippen LogP contribution in [0.25, 0.3) is 0 Å². The predicted octanol–water partition coefficient (Wildman–Crippen LogP) is 7.90. The Balaban J connectivity index is 1.28. The highest BCUT2D eigenvalue weighted by atomic mass is 16.5. The van der Waals surface area contributed by atoms with Crippen molar-refractivity contribution in [2.24, 2.45) is 34.5 Å². The molecule has 42 heavy (non-hydrogen) atoms. The summed E-state index contributed by atoms with van der Waals surface area (Å²) in [6, 6.07) is 14.2. The van der Waals surface area contributed by atoms with E-state index in [1.165, 1.54) is 25.3 Å². The molecule has 6 atom stereocenters. The van der Waals surface area contributed by atoms with E-state index < -0.39 is 5.97 Å². The first-order chi connectivity index (χ1) is 20.1. The second kappa shape index (κ2) is 10.8. The van der Waals surface area contributed by atoms with Gasteiger partial charge >= 0.3 is 5.97 Å². The lowest BCUT2D eigenvalue weighted by atomic mass is 9.47. The van der Waals surface area contributed by atoms with E-state index in [4.69, 9.17) is 4.74 Å². The molecule has 0 radical (unpaired) electrons. The van der Waals surface area contributed by atoms with Crippen LogP contribution in [0.4, 0.5) is 0 Å². The van der Waals surface area contributed by atoms with E-state index in [2.05, 4.69) is 37.8 Å². The van der Waals surface area contributed by atoms with Gasteiger partial charge in [-0.3, -0.25) is 14.4 Å². The van der Waals surface area contributed by atoms with E-state index in [-0.39, 0.29) is 22.5 Å². The lowest BCUT2D eigenvalue weighted by Crippen LogP contribution is -2.49. The number of hydrogen-bond acceptors (Lipinski definition) is 4. The maximum absolute atomic E-state index is 13.1. The zero-order valence-electron chi connectivity index (χ0n) is 25.2. The van der Waals surface area contributed by atoms with Crippen LogP contribution >= 0.6 is 0 Å². The first kappa shape index (κ1) is 28.4. The van der Waals surface area contributed by atoms with Gasteiger partial charge in [-0.25, -0.2) is 0 Å². The summed E-state index contributed by atoms with van der Waals surface area (Å²) in [6.45, 7) is 8.02. The molecular formula is C38H40O4. The molecule has 0 saturated heterocycles. The Morgan fingerprint density at radius 2 is 1.67 bits per heavy atom. The van der Waals surface area contributed by atoms with Crippen LogP contribution in [0.3, 0.4) is 0 Å². The van der Waals surface area contributed by atoms with Crippen molar-refractivity contribution in [2.45, 2.75) is 72.6 Å². The number of benzene rings is 2. The zero-order valence-corrected chi connectivity index (χ0v) is 25.2. The smallest absolute Gasteiger partial charge is 0.308 e. The molecule has 0 spiro atoms. The highest BCUT2D eigenvalue weighted by Crippen LogP contribution is 2.66. The van der Waals surface area contributed by atoms with E-state index in [0.29, 0.717) is 46.0 Å². The molecule has 216 valence electrons. The minimum absolute atomic E-state index is 0.0944. The van der Waals surface area contributed by atoms with Crippen molar-refractivity contribution >= 4 is 17.5 Å². The van der Waals surface area contributed by atoms with Gasteiger partial charge in [0.05, 0.1) is 5.56 Å². The molecular weight excluding hydrogens is 520 g/mol. The third-order valence-corrected chi connectivity index (χ3v) is 11.1. The van der Waals surface area contributed by atoms with Crippen LogP contribution in [0.1, 0.15) is 94.1 Å². The van der Waals surface area contributed by atoms with Crippen LogP contribution in [-0.4, -0.2) is 17.5 Å². The van der Waals surface area contributed by atoms with Crippen molar-refractivity contribution in [3.8, 4) is 17.6 Å². The van der Waals surface area contributed by atoms with Crippen LogP contribution < -0.4 is 4.74 Å². The summed E-state index contributed by atoms with van der Waals surface area (Å²) in [5.41, 5.74) is 4.41. The van der Waals surface area contributed by atoms with Gasteiger partial charge in [-0.15, -0.1) is 0 Å². The lowest BCUT2D eigenvalue weighted by molar-refractivity contribution is -0.132. The molecule has 2 saturated carbocycles. The second-order valence-corrected chi connectivity index (χ2v) is 13.4. The highest BCUT2D eigenvalue weighted by Gasteiger charge is 2.58. The van der Waals surface area contributed by atoms with Crippen LogP contribution in [-0.2, 0) is 9.59 Å². The zero-order chi connectivity index (χ0) is 29.6.